The van der Waals surface area contributed by atoms with Crippen LogP contribution >= 0.6 is 23.8 Å². The van der Waals surface area contributed by atoms with Crippen molar-refractivity contribution in [3.05, 3.63) is 40.9 Å². The van der Waals surface area contributed by atoms with Gasteiger partial charge in [-0.05, 0) is 87.7 Å². The molecule has 3 saturated heterocycles. The molecule has 0 unspecified atom stereocenters. The van der Waals surface area contributed by atoms with Crippen LogP contribution in [-0.4, -0.2) is 60.5 Å². The molecule has 0 radical (unpaired) electrons. The van der Waals surface area contributed by atoms with Crippen LogP contribution in [0.1, 0.15) is 64.4 Å². The molecule has 9 heteroatoms. The van der Waals surface area contributed by atoms with E-state index in [4.69, 9.17) is 38.5 Å². The summed E-state index contributed by atoms with van der Waals surface area (Å²) in [6.45, 7) is 9.87. The van der Waals surface area contributed by atoms with Crippen molar-refractivity contribution in [2.45, 2.75) is 70.3 Å². The van der Waals surface area contributed by atoms with Crippen LogP contribution in [-0.2, 0) is 10.2 Å². The van der Waals surface area contributed by atoms with E-state index in [9.17, 15) is 0 Å². The molecule has 3 aliphatic heterocycles. The Hall–Kier alpha value is -2.16. The maximum absolute atomic E-state index is 6.36. The molecule has 3 aliphatic rings. The lowest BCUT2D eigenvalue weighted by atomic mass is 9.74. The fourth-order valence-corrected chi connectivity index (χ4v) is 6.36. The Labute approximate surface area is 237 Å². The van der Waals surface area contributed by atoms with Gasteiger partial charge in [0.1, 0.15) is 11.6 Å². The molecule has 5 rings (SSSR count). The number of nitrogens with one attached hydrogen (secondary N) is 2. The first-order valence-electron chi connectivity index (χ1n) is 14.2. The third-order valence-corrected chi connectivity index (χ3v) is 9.09. The van der Waals surface area contributed by atoms with Crippen LogP contribution in [0.15, 0.2) is 30.3 Å². The number of piperidine rings is 2. The standard InChI is InChI=1S/C29H41ClN6OS/c1-21-9-14-35(15-10-21)25-19-26(36-13-4-3-6-22(36)2)33-27(32-25)34-28(38)31-20-29(11-16-37-17-12-29)23-7-5-8-24(30)18-23/h5,7-8,18-19,21-22H,3-4,6,9-17,20H2,1-2H3,(H2,31,32,33,34,38)/t22-/m0/s1. The van der Waals surface area contributed by atoms with E-state index in [2.05, 4.69) is 52.5 Å². The lowest BCUT2D eigenvalue weighted by molar-refractivity contribution is 0.0515. The molecule has 1 atom stereocenters. The van der Waals surface area contributed by atoms with E-state index in [1.54, 1.807) is 0 Å². The van der Waals surface area contributed by atoms with Crippen molar-refractivity contribution in [3.63, 3.8) is 0 Å². The normalized spacial score (nSPS) is 22.2. The smallest absolute Gasteiger partial charge is 0.232 e. The maximum atomic E-state index is 6.36. The van der Waals surface area contributed by atoms with E-state index >= 15 is 0 Å². The van der Waals surface area contributed by atoms with Gasteiger partial charge in [0.2, 0.25) is 5.95 Å². The quantitative estimate of drug-likeness (QED) is 0.434. The second-order valence-corrected chi connectivity index (χ2v) is 12.2. The first kappa shape index (κ1) is 27.4. The number of halogens is 1. The fourth-order valence-electron chi connectivity index (χ4n) is 6.01. The average molecular weight is 557 g/mol. The van der Waals surface area contributed by atoms with Gasteiger partial charge in [0.05, 0.1) is 0 Å². The molecular formula is C29H41ClN6OS. The molecule has 0 bridgehead atoms. The number of aromatic nitrogens is 2. The molecule has 2 aromatic rings. The number of hydrogen-bond acceptors (Lipinski definition) is 6. The maximum Gasteiger partial charge on any atom is 0.232 e. The Kier molecular flexibility index (Phi) is 8.91. The summed E-state index contributed by atoms with van der Waals surface area (Å²) in [4.78, 5) is 14.7. The van der Waals surface area contributed by atoms with Crippen LogP contribution in [0.5, 0.6) is 0 Å². The topological polar surface area (TPSA) is 65.5 Å². The predicted octanol–water partition coefficient (Wildman–Crippen LogP) is 5.78. The van der Waals surface area contributed by atoms with Gasteiger partial charge < -0.3 is 25.2 Å². The van der Waals surface area contributed by atoms with Gasteiger partial charge in [-0.2, -0.15) is 9.97 Å². The van der Waals surface area contributed by atoms with E-state index in [0.717, 1.165) is 68.3 Å². The third kappa shape index (κ3) is 6.52. The Morgan fingerprint density at radius 3 is 2.55 bits per heavy atom. The fraction of sp³-hybridized carbons (Fsp3) is 0.621. The summed E-state index contributed by atoms with van der Waals surface area (Å²) in [7, 11) is 0. The van der Waals surface area contributed by atoms with Crippen LogP contribution in [0.3, 0.4) is 0 Å². The molecule has 38 heavy (non-hydrogen) atoms. The van der Waals surface area contributed by atoms with Crippen molar-refractivity contribution >= 4 is 46.5 Å². The lowest BCUT2D eigenvalue weighted by Gasteiger charge is -2.38. The predicted molar refractivity (Wildman–Crippen MR) is 161 cm³/mol. The number of thiocarbonyl (C=S) groups is 1. The SMILES string of the molecule is CC1CCN(c2cc(N3CCCC[C@@H]3C)nc(NC(=S)NCC3(c4cccc(Cl)c4)CCOCC3)n2)CC1. The molecule has 0 saturated carbocycles. The largest absolute Gasteiger partial charge is 0.381 e. The second kappa shape index (κ2) is 12.3. The van der Waals surface area contributed by atoms with Crippen molar-refractivity contribution in [2.24, 2.45) is 5.92 Å². The van der Waals surface area contributed by atoms with E-state index < -0.39 is 0 Å². The van der Waals surface area contributed by atoms with Gasteiger partial charge in [-0.15, -0.1) is 0 Å². The zero-order chi connectivity index (χ0) is 26.5. The number of benzene rings is 1. The van der Waals surface area contributed by atoms with Crippen LogP contribution in [0, 0.1) is 5.92 Å². The highest BCUT2D eigenvalue weighted by atomic mass is 35.5. The van der Waals surface area contributed by atoms with Crippen molar-refractivity contribution in [2.75, 3.05) is 54.5 Å². The molecule has 2 N–H and O–H groups in total. The van der Waals surface area contributed by atoms with Gasteiger partial charge in [-0.3, -0.25) is 0 Å². The van der Waals surface area contributed by atoms with Crippen molar-refractivity contribution in [1.29, 1.82) is 0 Å². The first-order valence-corrected chi connectivity index (χ1v) is 15.0. The summed E-state index contributed by atoms with van der Waals surface area (Å²) in [6.07, 6.45) is 7.88. The summed E-state index contributed by atoms with van der Waals surface area (Å²) in [5, 5.41) is 8.12. The summed E-state index contributed by atoms with van der Waals surface area (Å²) in [6, 6.07) is 10.8. The Balaban J connectivity index is 1.33. The van der Waals surface area contributed by atoms with Crippen LogP contribution in [0.25, 0.3) is 0 Å². The van der Waals surface area contributed by atoms with E-state index in [1.165, 1.54) is 37.7 Å². The Morgan fingerprint density at radius 2 is 1.82 bits per heavy atom. The molecule has 3 fully saturated rings. The van der Waals surface area contributed by atoms with Gasteiger partial charge in [-0.1, -0.05) is 30.7 Å². The Bertz CT molecular complexity index is 1100. The number of rotatable bonds is 6. The monoisotopic (exact) mass is 556 g/mol. The highest BCUT2D eigenvalue weighted by molar-refractivity contribution is 7.80. The van der Waals surface area contributed by atoms with Crippen LogP contribution in [0.4, 0.5) is 17.6 Å². The molecular weight excluding hydrogens is 516 g/mol. The molecule has 1 aromatic heterocycles. The number of ether oxygens (including phenoxy) is 1. The molecule has 1 aromatic carbocycles. The minimum atomic E-state index is -0.0868. The zero-order valence-corrected chi connectivity index (χ0v) is 24.3. The highest BCUT2D eigenvalue weighted by Crippen LogP contribution is 2.35. The van der Waals surface area contributed by atoms with E-state index in [1.807, 2.05) is 12.1 Å². The summed E-state index contributed by atoms with van der Waals surface area (Å²) in [5.74, 6) is 3.31. The van der Waals surface area contributed by atoms with Gasteiger partial charge in [0.15, 0.2) is 5.11 Å². The number of hydrogen-bond donors (Lipinski definition) is 2. The number of anilines is 3. The van der Waals surface area contributed by atoms with Crippen molar-refractivity contribution in [3.8, 4) is 0 Å². The molecule has 0 aliphatic carbocycles. The van der Waals surface area contributed by atoms with Crippen LogP contribution < -0.4 is 20.4 Å². The van der Waals surface area contributed by atoms with E-state index in [-0.39, 0.29) is 5.41 Å². The molecule has 7 nitrogen and oxygen atoms in total. The summed E-state index contributed by atoms with van der Waals surface area (Å²) >= 11 is 12.1. The van der Waals surface area contributed by atoms with Gasteiger partial charge in [0, 0.05) is 61.9 Å². The van der Waals surface area contributed by atoms with E-state index in [0.29, 0.717) is 23.6 Å². The molecule has 4 heterocycles. The summed E-state index contributed by atoms with van der Waals surface area (Å²) in [5.41, 5.74) is 1.14. The van der Waals surface area contributed by atoms with Crippen molar-refractivity contribution < 1.29 is 4.74 Å². The minimum absolute atomic E-state index is 0.0868. The Morgan fingerprint density at radius 1 is 1.05 bits per heavy atom. The lowest BCUT2D eigenvalue weighted by Crippen LogP contribution is -2.45. The highest BCUT2D eigenvalue weighted by Gasteiger charge is 2.35. The van der Waals surface area contributed by atoms with Gasteiger partial charge >= 0.3 is 0 Å². The first-order chi connectivity index (χ1) is 18.4. The zero-order valence-electron chi connectivity index (χ0n) is 22.7. The minimum Gasteiger partial charge on any atom is -0.381 e. The van der Waals surface area contributed by atoms with Crippen LogP contribution in [0.2, 0.25) is 5.02 Å². The molecule has 0 amide bonds. The molecule has 206 valence electrons. The number of nitrogens with zero attached hydrogens (tertiary/aromatic N) is 4. The molecule has 0 spiro atoms. The third-order valence-electron chi connectivity index (χ3n) is 8.60. The second-order valence-electron chi connectivity index (χ2n) is 11.3. The average Bonchev–Trinajstić information content (AvgIpc) is 2.93. The van der Waals surface area contributed by atoms with Gasteiger partial charge in [0.25, 0.3) is 0 Å². The van der Waals surface area contributed by atoms with Gasteiger partial charge in [-0.25, -0.2) is 0 Å². The van der Waals surface area contributed by atoms with Crippen molar-refractivity contribution in [1.82, 2.24) is 15.3 Å². The summed E-state index contributed by atoms with van der Waals surface area (Å²) < 4.78 is 5.70.